The Kier molecular flexibility index (Phi) is 7.59. The zero-order chi connectivity index (χ0) is 21.8. The second-order valence-corrected chi connectivity index (χ2v) is 11.6. The zero-order valence-electron chi connectivity index (χ0n) is 20.4. The van der Waals surface area contributed by atoms with Gasteiger partial charge in [-0.3, -0.25) is 9.88 Å². The SMILES string of the molecule is CC(CC1CC(N2CCCC(C(C)(C)C)C2)CCO1)C1CCCN(c2ccncc2)C1. The maximum Gasteiger partial charge on any atom is 0.0592 e. The van der Waals surface area contributed by atoms with Crippen molar-refractivity contribution in [2.75, 3.05) is 37.7 Å². The van der Waals surface area contributed by atoms with E-state index in [1.807, 2.05) is 12.4 Å². The molecule has 0 aliphatic carbocycles. The van der Waals surface area contributed by atoms with E-state index in [1.165, 1.54) is 76.8 Å². The number of anilines is 1. The number of aromatic nitrogens is 1. The van der Waals surface area contributed by atoms with Gasteiger partial charge in [0.05, 0.1) is 6.10 Å². The fourth-order valence-electron chi connectivity index (χ4n) is 6.27. The Morgan fingerprint density at radius 2 is 1.84 bits per heavy atom. The molecule has 3 aliphatic heterocycles. The minimum Gasteiger partial charge on any atom is -0.378 e. The molecule has 3 aliphatic rings. The highest BCUT2D eigenvalue weighted by molar-refractivity contribution is 5.44. The molecule has 4 heteroatoms. The molecule has 0 amide bonds. The van der Waals surface area contributed by atoms with Crippen LogP contribution in [0.5, 0.6) is 0 Å². The van der Waals surface area contributed by atoms with Gasteiger partial charge in [-0.2, -0.15) is 0 Å². The van der Waals surface area contributed by atoms with Gasteiger partial charge in [0.1, 0.15) is 0 Å². The van der Waals surface area contributed by atoms with Crippen molar-refractivity contribution in [3.05, 3.63) is 24.5 Å². The molecule has 4 nitrogen and oxygen atoms in total. The lowest BCUT2D eigenvalue weighted by Gasteiger charge is -2.45. The van der Waals surface area contributed by atoms with Crippen LogP contribution in [0, 0.1) is 23.2 Å². The molecule has 1 aromatic heterocycles. The molecule has 0 saturated carbocycles. The molecule has 3 saturated heterocycles. The molecule has 3 fully saturated rings. The molecule has 31 heavy (non-hydrogen) atoms. The molecule has 0 radical (unpaired) electrons. The van der Waals surface area contributed by atoms with Crippen LogP contribution in [0.25, 0.3) is 0 Å². The first-order valence-corrected chi connectivity index (χ1v) is 12.9. The topological polar surface area (TPSA) is 28.6 Å². The lowest BCUT2D eigenvalue weighted by molar-refractivity contribution is -0.0523. The maximum absolute atomic E-state index is 6.32. The van der Waals surface area contributed by atoms with Gasteiger partial charge in [0.15, 0.2) is 0 Å². The van der Waals surface area contributed by atoms with Crippen molar-refractivity contribution in [3.8, 4) is 0 Å². The summed E-state index contributed by atoms with van der Waals surface area (Å²) in [5.74, 6) is 2.33. The first-order chi connectivity index (χ1) is 14.9. The summed E-state index contributed by atoms with van der Waals surface area (Å²) in [6.45, 7) is 15.7. The fraction of sp³-hybridized carbons (Fsp3) is 0.815. The highest BCUT2D eigenvalue weighted by Gasteiger charge is 2.35. The van der Waals surface area contributed by atoms with E-state index in [2.05, 4.69) is 54.6 Å². The average molecular weight is 428 g/mol. The molecular weight excluding hydrogens is 382 g/mol. The Balaban J connectivity index is 1.30. The van der Waals surface area contributed by atoms with E-state index < -0.39 is 0 Å². The molecule has 0 bridgehead atoms. The highest BCUT2D eigenvalue weighted by Crippen LogP contribution is 2.37. The Morgan fingerprint density at radius 3 is 2.61 bits per heavy atom. The van der Waals surface area contributed by atoms with Crippen molar-refractivity contribution >= 4 is 5.69 Å². The standard InChI is InChI=1S/C27H45N3O/c1-21(22-7-5-14-29(19-22)24-9-12-28-13-10-24)17-26-18-25(11-16-31-26)30-15-6-8-23(20-30)27(2,3)4/h9-10,12-13,21-23,25-26H,5-8,11,14-20H2,1-4H3. The Labute approximate surface area is 190 Å². The van der Waals surface area contributed by atoms with E-state index in [0.717, 1.165) is 30.4 Å². The first-order valence-electron chi connectivity index (χ1n) is 12.9. The number of pyridine rings is 1. The van der Waals surface area contributed by atoms with Gasteiger partial charge in [-0.25, -0.2) is 0 Å². The van der Waals surface area contributed by atoms with Crippen molar-refractivity contribution < 1.29 is 4.74 Å². The van der Waals surface area contributed by atoms with Crippen molar-refractivity contribution in [3.63, 3.8) is 0 Å². The number of likely N-dealkylation sites (tertiary alicyclic amines) is 1. The number of rotatable bonds is 5. The van der Waals surface area contributed by atoms with Crippen LogP contribution in [0.1, 0.15) is 72.6 Å². The Morgan fingerprint density at radius 1 is 1.06 bits per heavy atom. The van der Waals surface area contributed by atoms with Gasteiger partial charge in [0, 0.05) is 50.4 Å². The quantitative estimate of drug-likeness (QED) is 0.609. The van der Waals surface area contributed by atoms with Crippen LogP contribution in [0.4, 0.5) is 5.69 Å². The Bertz CT molecular complexity index is 673. The largest absolute Gasteiger partial charge is 0.378 e. The van der Waals surface area contributed by atoms with E-state index in [0.29, 0.717) is 11.5 Å². The lowest BCUT2D eigenvalue weighted by Crippen LogP contribution is -2.49. The Hall–Kier alpha value is -1.13. The summed E-state index contributed by atoms with van der Waals surface area (Å²) < 4.78 is 6.32. The highest BCUT2D eigenvalue weighted by atomic mass is 16.5. The number of piperidine rings is 2. The predicted molar refractivity (Wildman–Crippen MR) is 129 cm³/mol. The van der Waals surface area contributed by atoms with Gasteiger partial charge in [0.2, 0.25) is 0 Å². The number of hydrogen-bond acceptors (Lipinski definition) is 4. The number of hydrogen-bond donors (Lipinski definition) is 0. The molecule has 174 valence electrons. The van der Waals surface area contributed by atoms with Crippen LogP contribution in [0.15, 0.2) is 24.5 Å². The minimum atomic E-state index is 0.430. The van der Waals surface area contributed by atoms with Crippen molar-refractivity contribution in [2.45, 2.75) is 84.8 Å². The molecule has 5 unspecified atom stereocenters. The summed E-state index contributed by atoms with van der Waals surface area (Å²) in [7, 11) is 0. The fourth-order valence-corrected chi connectivity index (χ4v) is 6.27. The summed E-state index contributed by atoms with van der Waals surface area (Å²) in [4.78, 5) is 9.58. The van der Waals surface area contributed by atoms with Crippen molar-refractivity contribution in [2.24, 2.45) is 23.2 Å². The molecule has 0 N–H and O–H groups in total. The first kappa shape index (κ1) is 23.0. The molecular formula is C27H45N3O. The summed E-state index contributed by atoms with van der Waals surface area (Å²) in [5, 5.41) is 0. The number of ether oxygens (including phenoxy) is 1. The molecule has 5 atom stereocenters. The van der Waals surface area contributed by atoms with Gasteiger partial charge in [-0.15, -0.1) is 0 Å². The lowest BCUT2D eigenvalue weighted by atomic mass is 9.75. The molecule has 0 aromatic carbocycles. The third kappa shape index (κ3) is 6.01. The summed E-state index contributed by atoms with van der Waals surface area (Å²) >= 11 is 0. The van der Waals surface area contributed by atoms with E-state index in [1.54, 1.807) is 0 Å². The van der Waals surface area contributed by atoms with Gasteiger partial charge < -0.3 is 9.64 Å². The molecule has 0 spiro atoms. The van der Waals surface area contributed by atoms with Crippen LogP contribution in [0.2, 0.25) is 0 Å². The molecule has 4 heterocycles. The third-order valence-corrected chi connectivity index (χ3v) is 8.46. The van der Waals surface area contributed by atoms with Crippen LogP contribution >= 0.6 is 0 Å². The van der Waals surface area contributed by atoms with Crippen LogP contribution in [-0.2, 0) is 4.74 Å². The normalized spacial score (nSPS) is 32.1. The van der Waals surface area contributed by atoms with Gasteiger partial charge in [-0.1, -0.05) is 27.7 Å². The monoisotopic (exact) mass is 427 g/mol. The van der Waals surface area contributed by atoms with Gasteiger partial charge in [-0.05, 0) is 86.8 Å². The average Bonchev–Trinajstić information content (AvgIpc) is 2.79. The summed E-state index contributed by atoms with van der Waals surface area (Å²) in [6, 6.07) is 5.05. The van der Waals surface area contributed by atoms with Crippen LogP contribution in [-0.4, -0.2) is 54.8 Å². The van der Waals surface area contributed by atoms with Crippen molar-refractivity contribution in [1.82, 2.24) is 9.88 Å². The minimum absolute atomic E-state index is 0.430. The second kappa shape index (κ2) is 10.2. The van der Waals surface area contributed by atoms with Crippen molar-refractivity contribution in [1.29, 1.82) is 0 Å². The molecule has 1 aromatic rings. The molecule has 4 rings (SSSR count). The van der Waals surface area contributed by atoms with E-state index in [9.17, 15) is 0 Å². The summed E-state index contributed by atoms with van der Waals surface area (Å²) in [5.41, 5.74) is 1.76. The number of nitrogens with zero attached hydrogens (tertiary/aromatic N) is 3. The van der Waals surface area contributed by atoms with Crippen LogP contribution in [0.3, 0.4) is 0 Å². The zero-order valence-corrected chi connectivity index (χ0v) is 20.4. The van der Waals surface area contributed by atoms with Gasteiger partial charge in [0.25, 0.3) is 0 Å². The van der Waals surface area contributed by atoms with Crippen LogP contribution < -0.4 is 4.90 Å². The smallest absolute Gasteiger partial charge is 0.0592 e. The second-order valence-electron chi connectivity index (χ2n) is 11.6. The maximum atomic E-state index is 6.32. The van der Waals surface area contributed by atoms with E-state index in [4.69, 9.17) is 4.74 Å². The predicted octanol–water partition coefficient (Wildman–Crippen LogP) is 5.63. The van der Waals surface area contributed by atoms with E-state index >= 15 is 0 Å². The van der Waals surface area contributed by atoms with Gasteiger partial charge >= 0.3 is 0 Å². The third-order valence-electron chi connectivity index (χ3n) is 8.46. The van der Waals surface area contributed by atoms with E-state index in [-0.39, 0.29) is 0 Å². The summed E-state index contributed by atoms with van der Waals surface area (Å²) in [6.07, 6.45) is 13.4.